The average Bonchev–Trinajstić information content (AvgIpc) is 2.75. The van der Waals surface area contributed by atoms with Gasteiger partial charge in [-0.05, 0) is 18.2 Å². The van der Waals surface area contributed by atoms with E-state index in [9.17, 15) is 9.59 Å². The van der Waals surface area contributed by atoms with Crippen LogP contribution in [0.4, 0.5) is 0 Å². The summed E-state index contributed by atoms with van der Waals surface area (Å²) in [7, 11) is 0. The summed E-state index contributed by atoms with van der Waals surface area (Å²) in [5.74, 6) is 5.62. The fraction of sp³-hybridized carbons (Fsp3) is 0.385. The number of piperazine rings is 1. The number of nitrogens with zero attached hydrogens (tertiary/aromatic N) is 3. The molecular formula is C13H16Cl2N4O2S. The molecule has 3 rings (SSSR count). The number of rotatable bonds is 2. The number of nitrogens with two attached hydrogens (primary N) is 1. The molecule has 9 heteroatoms. The molecule has 22 heavy (non-hydrogen) atoms. The molecule has 1 saturated heterocycles. The van der Waals surface area contributed by atoms with Crippen LogP contribution in [0.3, 0.4) is 0 Å². The Morgan fingerprint density at radius 2 is 1.95 bits per heavy atom. The molecule has 2 heterocycles. The van der Waals surface area contributed by atoms with E-state index in [-0.39, 0.29) is 29.7 Å². The topological polar surface area (TPSA) is 71.6 Å². The van der Waals surface area contributed by atoms with E-state index in [1.165, 1.54) is 4.57 Å². The lowest BCUT2D eigenvalue weighted by molar-refractivity contribution is -0.133. The summed E-state index contributed by atoms with van der Waals surface area (Å²) in [6.45, 7) is 2.56. The van der Waals surface area contributed by atoms with Gasteiger partial charge in [0.15, 0.2) is 0 Å². The van der Waals surface area contributed by atoms with Gasteiger partial charge in [-0.15, -0.1) is 12.4 Å². The number of amides is 1. The van der Waals surface area contributed by atoms with Crippen LogP contribution in [0.15, 0.2) is 23.0 Å². The monoisotopic (exact) mass is 362 g/mol. The maximum atomic E-state index is 12.3. The molecule has 120 valence electrons. The molecule has 1 aromatic heterocycles. The van der Waals surface area contributed by atoms with Gasteiger partial charge >= 0.3 is 4.87 Å². The molecule has 0 spiro atoms. The molecule has 2 aromatic rings. The summed E-state index contributed by atoms with van der Waals surface area (Å²) in [5, 5.41) is 2.28. The number of thiazole rings is 1. The van der Waals surface area contributed by atoms with Gasteiger partial charge in [0.1, 0.15) is 6.54 Å². The predicted octanol–water partition coefficient (Wildman–Crippen LogP) is 1.16. The number of benzene rings is 1. The van der Waals surface area contributed by atoms with Crippen molar-refractivity contribution in [1.29, 1.82) is 0 Å². The molecule has 1 fully saturated rings. The van der Waals surface area contributed by atoms with Crippen LogP contribution in [0.1, 0.15) is 0 Å². The van der Waals surface area contributed by atoms with Crippen LogP contribution in [0.2, 0.25) is 5.02 Å². The average molecular weight is 363 g/mol. The largest absolute Gasteiger partial charge is 0.338 e. The molecule has 1 amide bonds. The van der Waals surface area contributed by atoms with Gasteiger partial charge in [0, 0.05) is 31.2 Å². The van der Waals surface area contributed by atoms with E-state index in [1.54, 1.807) is 28.1 Å². The quantitative estimate of drug-likeness (QED) is 0.813. The zero-order valence-corrected chi connectivity index (χ0v) is 14.1. The molecule has 1 aliphatic rings. The van der Waals surface area contributed by atoms with Crippen LogP contribution in [0.25, 0.3) is 10.2 Å². The summed E-state index contributed by atoms with van der Waals surface area (Å²) in [6, 6.07) is 5.25. The number of halogens is 2. The summed E-state index contributed by atoms with van der Waals surface area (Å²) >= 11 is 7.03. The van der Waals surface area contributed by atoms with Crippen LogP contribution in [0, 0.1) is 0 Å². The van der Waals surface area contributed by atoms with Gasteiger partial charge in [-0.2, -0.15) is 0 Å². The Kier molecular flexibility index (Phi) is 5.46. The van der Waals surface area contributed by atoms with Crippen molar-refractivity contribution in [3.8, 4) is 0 Å². The third kappa shape index (κ3) is 3.44. The van der Waals surface area contributed by atoms with Gasteiger partial charge < -0.3 is 4.90 Å². The van der Waals surface area contributed by atoms with Crippen molar-refractivity contribution in [3.63, 3.8) is 0 Å². The maximum Gasteiger partial charge on any atom is 0.308 e. The maximum absolute atomic E-state index is 12.3. The Hall–Kier alpha value is -1.12. The number of carbonyl (C=O) groups is 1. The fourth-order valence-electron chi connectivity index (χ4n) is 2.40. The highest BCUT2D eigenvalue weighted by atomic mass is 35.5. The van der Waals surface area contributed by atoms with Crippen molar-refractivity contribution in [2.24, 2.45) is 5.84 Å². The van der Waals surface area contributed by atoms with E-state index in [0.29, 0.717) is 31.2 Å². The molecule has 0 radical (unpaired) electrons. The van der Waals surface area contributed by atoms with E-state index in [4.69, 9.17) is 17.4 Å². The number of fused-ring (bicyclic) bond motifs is 1. The normalized spacial score (nSPS) is 15.8. The minimum Gasteiger partial charge on any atom is -0.338 e. The van der Waals surface area contributed by atoms with Gasteiger partial charge in [0.2, 0.25) is 5.91 Å². The lowest BCUT2D eigenvalue weighted by atomic mass is 10.3. The van der Waals surface area contributed by atoms with Crippen molar-refractivity contribution in [3.05, 3.63) is 32.9 Å². The van der Waals surface area contributed by atoms with Gasteiger partial charge in [-0.25, -0.2) is 5.01 Å². The van der Waals surface area contributed by atoms with E-state index < -0.39 is 0 Å². The molecular weight excluding hydrogens is 347 g/mol. The lowest BCUT2D eigenvalue weighted by Crippen LogP contribution is -2.52. The molecule has 1 aromatic carbocycles. The lowest BCUT2D eigenvalue weighted by Gasteiger charge is -2.32. The van der Waals surface area contributed by atoms with Crippen LogP contribution >= 0.6 is 35.3 Å². The van der Waals surface area contributed by atoms with Crippen molar-refractivity contribution in [2.45, 2.75) is 6.54 Å². The third-order valence-corrected chi connectivity index (χ3v) is 4.77. The second-order valence-electron chi connectivity index (χ2n) is 4.98. The van der Waals surface area contributed by atoms with Crippen LogP contribution < -0.4 is 10.7 Å². The summed E-state index contributed by atoms with van der Waals surface area (Å²) in [5.41, 5.74) is 0.750. The van der Waals surface area contributed by atoms with Crippen LogP contribution in [-0.4, -0.2) is 46.6 Å². The van der Waals surface area contributed by atoms with Gasteiger partial charge in [0.25, 0.3) is 0 Å². The van der Waals surface area contributed by atoms with Crippen molar-refractivity contribution >= 4 is 51.5 Å². The molecule has 0 atom stereocenters. The predicted molar refractivity (Wildman–Crippen MR) is 90.7 cm³/mol. The summed E-state index contributed by atoms with van der Waals surface area (Å²) in [4.78, 5) is 26.0. The van der Waals surface area contributed by atoms with Crippen LogP contribution in [0.5, 0.6) is 0 Å². The van der Waals surface area contributed by atoms with Crippen molar-refractivity contribution in [1.82, 2.24) is 14.5 Å². The number of hydrogen-bond donors (Lipinski definition) is 1. The van der Waals surface area contributed by atoms with Crippen LogP contribution in [-0.2, 0) is 11.3 Å². The highest BCUT2D eigenvalue weighted by Gasteiger charge is 2.21. The first-order chi connectivity index (χ1) is 10.0. The van der Waals surface area contributed by atoms with E-state index in [0.717, 1.165) is 21.6 Å². The highest BCUT2D eigenvalue weighted by Crippen LogP contribution is 2.21. The fourth-order valence-corrected chi connectivity index (χ4v) is 3.56. The Morgan fingerprint density at radius 3 is 2.64 bits per heavy atom. The Balaban J connectivity index is 0.00000176. The zero-order chi connectivity index (χ0) is 15.0. The minimum absolute atomic E-state index is 0. The first kappa shape index (κ1) is 17.2. The molecule has 0 unspecified atom stereocenters. The number of carbonyl (C=O) groups excluding carboxylic acids is 1. The summed E-state index contributed by atoms with van der Waals surface area (Å²) in [6.07, 6.45) is 0. The second-order valence-corrected chi connectivity index (χ2v) is 6.41. The first-order valence-corrected chi connectivity index (χ1v) is 7.80. The van der Waals surface area contributed by atoms with Gasteiger partial charge in [-0.1, -0.05) is 22.9 Å². The standard InChI is InChI=1S/C13H15ClN4O2S.ClH/c14-9-1-2-10-11(7-9)21-13(20)18(10)8-12(19)16-3-5-17(15)6-4-16;/h1-2,7H,3-6,8,15H2;1H. The second kappa shape index (κ2) is 6.97. The molecule has 1 aliphatic heterocycles. The Morgan fingerprint density at radius 1 is 1.27 bits per heavy atom. The Bertz CT molecular complexity index is 737. The SMILES string of the molecule is Cl.NN1CCN(C(=O)Cn2c(=O)sc3cc(Cl)ccc32)CC1. The van der Waals surface area contributed by atoms with E-state index >= 15 is 0 Å². The molecule has 0 saturated carbocycles. The number of hydrazine groups is 1. The van der Waals surface area contributed by atoms with E-state index in [2.05, 4.69) is 0 Å². The highest BCUT2D eigenvalue weighted by molar-refractivity contribution is 7.16. The molecule has 0 aliphatic carbocycles. The first-order valence-electron chi connectivity index (χ1n) is 6.61. The number of hydrogen-bond acceptors (Lipinski definition) is 5. The van der Waals surface area contributed by atoms with E-state index in [1.807, 2.05) is 0 Å². The van der Waals surface area contributed by atoms with Gasteiger partial charge in [0.05, 0.1) is 10.2 Å². The minimum atomic E-state index is -0.141. The third-order valence-electron chi connectivity index (χ3n) is 3.59. The molecule has 6 nitrogen and oxygen atoms in total. The van der Waals surface area contributed by atoms with Gasteiger partial charge in [-0.3, -0.25) is 20.0 Å². The Labute approximate surface area is 142 Å². The molecule has 2 N–H and O–H groups in total. The zero-order valence-electron chi connectivity index (χ0n) is 11.7. The number of aromatic nitrogens is 1. The molecule has 0 bridgehead atoms. The van der Waals surface area contributed by atoms with Crippen molar-refractivity contribution in [2.75, 3.05) is 26.2 Å². The smallest absolute Gasteiger partial charge is 0.308 e. The summed E-state index contributed by atoms with van der Waals surface area (Å²) < 4.78 is 2.31. The van der Waals surface area contributed by atoms with Crippen molar-refractivity contribution < 1.29 is 4.79 Å².